The van der Waals surface area contributed by atoms with Gasteiger partial charge in [-0.2, -0.15) is 0 Å². The summed E-state index contributed by atoms with van der Waals surface area (Å²) in [5.41, 5.74) is 0.0786. The van der Waals surface area contributed by atoms with Crippen LogP contribution in [0.3, 0.4) is 0 Å². The van der Waals surface area contributed by atoms with Crippen LogP contribution in [0.1, 0.15) is 10.4 Å². The summed E-state index contributed by atoms with van der Waals surface area (Å²) in [5, 5.41) is 70.5. The monoisotopic (exact) mass is 536 g/mol. The molecule has 3 rings (SSSR count). The summed E-state index contributed by atoms with van der Waals surface area (Å²) in [5.74, 6) is -0.768. The van der Waals surface area contributed by atoms with Crippen LogP contribution < -0.4 is 14.2 Å². The molecule has 2 fully saturated rings. The number of rotatable bonds is 9. The van der Waals surface area contributed by atoms with Gasteiger partial charge in [0.15, 0.2) is 17.8 Å². The number of carbonyl (C=O) groups excluding carboxylic acids is 1. The van der Waals surface area contributed by atoms with Crippen LogP contribution in [0, 0.1) is 0 Å². The summed E-state index contributed by atoms with van der Waals surface area (Å²) in [7, 11) is 3.77. The molecule has 0 saturated carbocycles. The lowest BCUT2D eigenvalue weighted by molar-refractivity contribution is -0.323. The van der Waals surface area contributed by atoms with Gasteiger partial charge in [0.1, 0.15) is 48.8 Å². The van der Waals surface area contributed by atoms with E-state index in [1.807, 2.05) is 0 Å². The normalized spacial score (nSPS) is 36.1. The lowest BCUT2D eigenvalue weighted by Crippen LogP contribution is -2.62. The van der Waals surface area contributed by atoms with Gasteiger partial charge in [0, 0.05) is 0 Å². The number of methoxy groups -OCH3 is 3. The Bertz CT molecular complexity index is 885. The van der Waals surface area contributed by atoms with Gasteiger partial charge >= 0.3 is 5.97 Å². The van der Waals surface area contributed by atoms with Gasteiger partial charge in [-0.05, 0) is 12.1 Å². The Kier molecular flexibility index (Phi) is 9.87. The van der Waals surface area contributed by atoms with Crippen molar-refractivity contribution in [1.82, 2.24) is 0 Å². The third-order valence-corrected chi connectivity index (χ3v) is 6.06. The molecular formula is C22H32O15. The minimum absolute atomic E-state index is 0.00489. The number of ether oxygens (including phenoxy) is 7. The van der Waals surface area contributed by atoms with Gasteiger partial charge in [-0.25, -0.2) is 4.79 Å². The highest BCUT2D eigenvalue weighted by Crippen LogP contribution is 2.40. The molecule has 37 heavy (non-hydrogen) atoms. The second kappa shape index (κ2) is 12.5. The number of esters is 1. The first kappa shape index (κ1) is 29.2. The quantitative estimate of drug-likeness (QED) is 0.152. The molecule has 1 aromatic carbocycles. The van der Waals surface area contributed by atoms with E-state index in [9.17, 15) is 40.5 Å². The third-order valence-electron chi connectivity index (χ3n) is 6.06. The van der Waals surface area contributed by atoms with Crippen LogP contribution >= 0.6 is 0 Å². The van der Waals surface area contributed by atoms with Crippen molar-refractivity contribution in [3.05, 3.63) is 17.7 Å². The van der Waals surface area contributed by atoms with Crippen LogP contribution in [0.25, 0.3) is 0 Å². The highest BCUT2D eigenvalue weighted by Gasteiger charge is 2.48. The second-order valence-corrected chi connectivity index (χ2v) is 8.36. The average molecular weight is 536 g/mol. The van der Waals surface area contributed by atoms with Crippen LogP contribution in [-0.2, 0) is 18.9 Å². The average Bonchev–Trinajstić information content (AvgIpc) is 2.91. The number of benzene rings is 1. The first-order chi connectivity index (χ1) is 17.6. The molecule has 0 radical (unpaired) electrons. The van der Waals surface area contributed by atoms with E-state index in [-0.39, 0.29) is 22.8 Å². The topological polar surface area (TPSA) is 223 Å². The predicted molar refractivity (Wildman–Crippen MR) is 118 cm³/mol. The van der Waals surface area contributed by atoms with Gasteiger partial charge in [-0.15, -0.1) is 0 Å². The molecule has 2 heterocycles. The molecule has 15 nitrogen and oxygen atoms in total. The Morgan fingerprint density at radius 2 is 1.30 bits per heavy atom. The molecule has 2 saturated heterocycles. The Balaban J connectivity index is 1.77. The van der Waals surface area contributed by atoms with Crippen molar-refractivity contribution < 1.29 is 73.7 Å². The zero-order valence-electron chi connectivity index (χ0n) is 20.2. The van der Waals surface area contributed by atoms with E-state index in [0.717, 1.165) is 0 Å². The summed E-state index contributed by atoms with van der Waals surface area (Å²) < 4.78 is 37.2. The van der Waals surface area contributed by atoms with E-state index in [1.165, 1.54) is 33.5 Å². The zero-order valence-corrected chi connectivity index (χ0v) is 20.2. The SMILES string of the molecule is COC(=O)c1cc(OC)c(O[C@@H]2OC(CO[C@@H]3OC(CO)[C@@H](O)C(O)[C@@H]3O)[C@@H](O)C(O)[C@@H]2O)c(OC)c1. The molecule has 7 N–H and O–H groups in total. The fourth-order valence-electron chi connectivity index (χ4n) is 3.89. The van der Waals surface area contributed by atoms with Crippen molar-refractivity contribution in [3.8, 4) is 17.2 Å². The predicted octanol–water partition coefficient (Wildman–Crippen LogP) is -3.51. The Labute approximate surface area is 211 Å². The molecule has 4 unspecified atom stereocenters. The van der Waals surface area contributed by atoms with Crippen LogP contribution in [0.5, 0.6) is 17.2 Å². The van der Waals surface area contributed by atoms with Crippen molar-refractivity contribution in [3.63, 3.8) is 0 Å². The van der Waals surface area contributed by atoms with Gasteiger partial charge in [-0.3, -0.25) is 0 Å². The maximum atomic E-state index is 11.9. The van der Waals surface area contributed by atoms with Crippen molar-refractivity contribution in [2.45, 2.75) is 61.4 Å². The number of aliphatic hydroxyl groups is 7. The highest BCUT2D eigenvalue weighted by molar-refractivity contribution is 5.91. The smallest absolute Gasteiger partial charge is 0.338 e. The van der Waals surface area contributed by atoms with E-state index in [2.05, 4.69) is 0 Å². The van der Waals surface area contributed by atoms with Crippen molar-refractivity contribution in [2.24, 2.45) is 0 Å². The second-order valence-electron chi connectivity index (χ2n) is 8.36. The van der Waals surface area contributed by atoms with Crippen molar-refractivity contribution in [2.75, 3.05) is 34.5 Å². The van der Waals surface area contributed by atoms with Gasteiger partial charge in [0.2, 0.25) is 12.0 Å². The van der Waals surface area contributed by atoms with Gasteiger partial charge in [0.25, 0.3) is 0 Å². The highest BCUT2D eigenvalue weighted by atomic mass is 16.7. The minimum Gasteiger partial charge on any atom is -0.493 e. The van der Waals surface area contributed by atoms with Crippen LogP contribution in [0.4, 0.5) is 0 Å². The summed E-state index contributed by atoms with van der Waals surface area (Å²) in [6.45, 7) is -1.21. The zero-order chi connectivity index (χ0) is 27.4. The summed E-state index contributed by atoms with van der Waals surface area (Å²) in [6.07, 6.45) is -15.9. The molecule has 2 aliphatic rings. The van der Waals surface area contributed by atoms with Crippen LogP contribution in [0.2, 0.25) is 0 Å². The molecule has 0 bridgehead atoms. The third kappa shape index (κ3) is 6.06. The van der Waals surface area contributed by atoms with Gasteiger partial charge in [-0.1, -0.05) is 0 Å². The van der Waals surface area contributed by atoms with E-state index >= 15 is 0 Å². The Hall–Kier alpha value is -2.31. The first-order valence-electron chi connectivity index (χ1n) is 11.2. The molecule has 2 aliphatic heterocycles. The van der Waals surface area contributed by atoms with E-state index in [0.29, 0.717) is 0 Å². The number of aliphatic hydroxyl groups excluding tert-OH is 7. The molecule has 10 atom stereocenters. The van der Waals surface area contributed by atoms with Gasteiger partial charge in [0.05, 0.1) is 40.1 Å². The van der Waals surface area contributed by atoms with Crippen molar-refractivity contribution in [1.29, 1.82) is 0 Å². The number of hydrogen-bond donors (Lipinski definition) is 7. The molecule has 210 valence electrons. The molecule has 1 aromatic rings. The summed E-state index contributed by atoms with van der Waals surface area (Å²) in [6, 6.07) is 2.59. The Morgan fingerprint density at radius 3 is 1.81 bits per heavy atom. The molecule has 0 aliphatic carbocycles. The minimum atomic E-state index is -1.77. The first-order valence-corrected chi connectivity index (χ1v) is 11.2. The molecule has 0 aromatic heterocycles. The molecular weight excluding hydrogens is 504 g/mol. The lowest BCUT2D eigenvalue weighted by atomic mass is 9.98. The molecule has 0 spiro atoms. The van der Waals surface area contributed by atoms with Gasteiger partial charge < -0.3 is 68.9 Å². The standard InChI is InChI=1S/C22H32O15/c1-31-9-4-8(20(30)33-3)5-10(32-2)19(9)37-22-18(29)16(27)14(25)12(36-22)7-34-21-17(28)15(26)13(24)11(6-23)35-21/h4-5,11-18,21-29H,6-7H2,1-3H3/t11?,12?,13-,14-,15?,16?,17+,18+,21-,22+/m1/s1. The van der Waals surface area contributed by atoms with E-state index in [4.69, 9.17) is 33.2 Å². The maximum Gasteiger partial charge on any atom is 0.338 e. The Morgan fingerprint density at radius 1 is 0.784 bits per heavy atom. The maximum absolute atomic E-state index is 11.9. The summed E-state index contributed by atoms with van der Waals surface area (Å²) >= 11 is 0. The largest absolute Gasteiger partial charge is 0.493 e. The fraction of sp³-hybridized carbons (Fsp3) is 0.682. The lowest BCUT2D eigenvalue weighted by Gasteiger charge is -2.42. The number of carbonyl (C=O) groups is 1. The van der Waals surface area contributed by atoms with Crippen LogP contribution in [0.15, 0.2) is 12.1 Å². The number of hydrogen-bond acceptors (Lipinski definition) is 15. The fourth-order valence-corrected chi connectivity index (χ4v) is 3.89. The molecule has 0 amide bonds. The van der Waals surface area contributed by atoms with E-state index < -0.39 is 80.6 Å². The van der Waals surface area contributed by atoms with Crippen molar-refractivity contribution >= 4 is 5.97 Å². The summed E-state index contributed by atoms with van der Waals surface area (Å²) in [4.78, 5) is 11.9. The van der Waals surface area contributed by atoms with E-state index in [1.54, 1.807) is 0 Å². The molecule has 15 heteroatoms. The van der Waals surface area contributed by atoms with Crippen LogP contribution in [-0.4, -0.2) is 138 Å².